The smallest absolute Gasteiger partial charge is 0.240 e. The zero-order valence-corrected chi connectivity index (χ0v) is 8.65. The fourth-order valence-corrected chi connectivity index (χ4v) is 1.58. The summed E-state index contributed by atoms with van der Waals surface area (Å²) >= 11 is 0. The first kappa shape index (κ1) is 12.2. The summed E-state index contributed by atoms with van der Waals surface area (Å²) in [5.74, 6) is 0. The maximum absolute atomic E-state index is 11.2. The number of benzene rings is 1. The molecule has 0 aromatic heterocycles. The number of nitrogens with one attached hydrogen (secondary N) is 1. The van der Waals surface area contributed by atoms with E-state index < -0.39 is 10.0 Å². The zero-order chi connectivity index (χ0) is 9.19. The minimum absolute atomic E-state index is 0. The van der Waals surface area contributed by atoms with Gasteiger partial charge in [0.05, 0.1) is 4.90 Å². The van der Waals surface area contributed by atoms with Crippen molar-refractivity contribution in [3.63, 3.8) is 0 Å². The molecule has 3 N–H and O–H groups in total. The summed E-state index contributed by atoms with van der Waals surface area (Å²) in [5, 5.41) is 0. The van der Waals surface area contributed by atoms with Crippen LogP contribution in [0.15, 0.2) is 29.2 Å². The lowest BCUT2D eigenvalue weighted by atomic mass is 10.3. The number of nitrogens with two attached hydrogens (primary N) is 1. The van der Waals surface area contributed by atoms with Gasteiger partial charge in [-0.2, -0.15) is 0 Å². The maximum atomic E-state index is 11.2. The summed E-state index contributed by atoms with van der Waals surface area (Å²) in [4.78, 5) is 0.185. The lowest BCUT2D eigenvalue weighted by Crippen LogP contribution is -2.18. The summed E-state index contributed by atoms with van der Waals surface area (Å²) in [5.41, 5.74) is 5.85. The second-order valence-corrected chi connectivity index (χ2v) is 4.17. The number of anilines is 1. The Morgan fingerprint density at radius 2 is 2.00 bits per heavy atom. The largest absolute Gasteiger partial charge is 0.399 e. The summed E-state index contributed by atoms with van der Waals surface area (Å²) in [7, 11) is -1.99. The van der Waals surface area contributed by atoms with E-state index in [1.807, 2.05) is 0 Å². The van der Waals surface area contributed by atoms with E-state index in [1.54, 1.807) is 12.1 Å². The molecule has 1 aromatic carbocycles. The average molecular weight is 223 g/mol. The second-order valence-electron chi connectivity index (χ2n) is 2.28. The highest BCUT2D eigenvalue weighted by Gasteiger charge is 2.09. The second kappa shape index (κ2) is 4.45. The Labute approximate surface area is 83.6 Å². The van der Waals surface area contributed by atoms with Crippen molar-refractivity contribution in [1.82, 2.24) is 4.72 Å². The van der Waals surface area contributed by atoms with Crippen molar-refractivity contribution >= 4 is 28.1 Å². The van der Waals surface area contributed by atoms with Crippen molar-refractivity contribution < 1.29 is 8.42 Å². The maximum Gasteiger partial charge on any atom is 0.240 e. The molecule has 0 fully saturated rings. The first-order chi connectivity index (χ1) is 5.56. The summed E-state index contributed by atoms with van der Waals surface area (Å²) in [6, 6.07) is 6.13. The van der Waals surface area contributed by atoms with E-state index in [9.17, 15) is 8.42 Å². The van der Waals surface area contributed by atoms with Crippen LogP contribution in [0.5, 0.6) is 0 Å². The van der Waals surface area contributed by atoms with Gasteiger partial charge in [-0.3, -0.25) is 0 Å². The highest BCUT2D eigenvalue weighted by molar-refractivity contribution is 7.89. The molecule has 0 saturated carbocycles. The fourth-order valence-electron chi connectivity index (χ4n) is 0.800. The molecular weight excluding hydrogens is 212 g/mol. The predicted molar refractivity (Wildman–Crippen MR) is 54.3 cm³/mol. The minimum Gasteiger partial charge on any atom is -0.399 e. The quantitative estimate of drug-likeness (QED) is 0.720. The number of sulfonamides is 1. The summed E-state index contributed by atoms with van der Waals surface area (Å²) in [6.45, 7) is 0. The molecule has 0 radical (unpaired) electrons. The Hall–Kier alpha value is -0.780. The lowest BCUT2D eigenvalue weighted by molar-refractivity contribution is 0.588. The number of nitrogen functional groups attached to an aromatic ring is 1. The fraction of sp³-hybridized carbons (Fsp3) is 0.143. The number of hydrogen-bond donors (Lipinski definition) is 2. The van der Waals surface area contributed by atoms with Crippen molar-refractivity contribution in [2.45, 2.75) is 4.90 Å². The van der Waals surface area contributed by atoms with E-state index in [2.05, 4.69) is 4.72 Å². The van der Waals surface area contributed by atoms with Crippen LogP contribution in [0.1, 0.15) is 0 Å². The van der Waals surface area contributed by atoms with Gasteiger partial charge in [0.15, 0.2) is 0 Å². The summed E-state index contributed by atoms with van der Waals surface area (Å²) < 4.78 is 24.6. The Bertz CT molecular complexity index is 378. The van der Waals surface area contributed by atoms with Gasteiger partial charge in [-0.1, -0.05) is 6.07 Å². The van der Waals surface area contributed by atoms with Crippen LogP contribution >= 0.6 is 12.4 Å². The third-order valence-electron chi connectivity index (χ3n) is 1.44. The molecule has 1 aromatic rings. The molecule has 0 amide bonds. The van der Waals surface area contributed by atoms with Crippen LogP contribution in [-0.4, -0.2) is 15.5 Å². The molecule has 0 aliphatic carbocycles. The van der Waals surface area contributed by atoms with Gasteiger partial charge in [0, 0.05) is 5.69 Å². The van der Waals surface area contributed by atoms with Crippen LogP contribution in [0, 0.1) is 0 Å². The van der Waals surface area contributed by atoms with Gasteiger partial charge in [-0.15, -0.1) is 12.4 Å². The van der Waals surface area contributed by atoms with E-state index in [-0.39, 0.29) is 17.3 Å². The molecule has 0 heterocycles. The van der Waals surface area contributed by atoms with Crippen molar-refractivity contribution in [2.24, 2.45) is 0 Å². The lowest BCUT2D eigenvalue weighted by Gasteiger charge is -2.01. The zero-order valence-electron chi connectivity index (χ0n) is 7.02. The molecule has 6 heteroatoms. The third kappa shape index (κ3) is 2.87. The summed E-state index contributed by atoms with van der Waals surface area (Å²) in [6.07, 6.45) is 0. The van der Waals surface area contributed by atoms with Gasteiger partial charge in [0.25, 0.3) is 0 Å². The number of halogens is 1. The topological polar surface area (TPSA) is 72.2 Å². The highest BCUT2D eigenvalue weighted by Crippen LogP contribution is 2.11. The van der Waals surface area contributed by atoms with Gasteiger partial charge < -0.3 is 5.73 Å². The molecular formula is C7H11ClN2O2S. The number of hydrogen-bond acceptors (Lipinski definition) is 3. The molecule has 0 unspecified atom stereocenters. The van der Waals surface area contributed by atoms with Crippen molar-refractivity contribution in [3.8, 4) is 0 Å². The molecule has 74 valence electrons. The Morgan fingerprint density at radius 3 is 2.46 bits per heavy atom. The molecule has 0 aliphatic heterocycles. The van der Waals surface area contributed by atoms with E-state index in [0.717, 1.165) is 0 Å². The van der Waals surface area contributed by atoms with Crippen LogP contribution in [0.3, 0.4) is 0 Å². The van der Waals surface area contributed by atoms with E-state index in [1.165, 1.54) is 19.2 Å². The van der Waals surface area contributed by atoms with Crippen molar-refractivity contribution in [1.29, 1.82) is 0 Å². The van der Waals surface area contributed by atoms with Gasteiger partial charge in [0.1, 0.15) is 0 Å². The standard InChI is InChI=1S/C7H10N2O2S.ClH/c1-9-12(10,11)7-4-2-3-6(8)5-7;/h2-5,9H,8H2,1H3;1H. The van der Waals surface area contributed by atoms with E-state index in [0.29, 0.717) is 5.69 Å². The Kier molecular flexibility index (Phi) is 4.19. The first-order valence-electron chi connectivity index (χ1n) is 3.35. The highest BCUT2D eigenvalue weighted by atomic mass is 35.5. The van der Waals surface area contributed by atoms with Crippen LogP contribution < -0.4 is 10.5 Å². The Morgan fingerprint density at radius 1 is 1.38 bits per heavy atom. The minimum atomic E-state index is -3.35. The van der Waals surface area contributed by atoms with Gasteiger partial charge in [-0.05, 0) is 25.2 Å². The van der Waals surface area contributed by atoms with E-state index in [4.69, 9.17) is 5.73 Å². The Balaban J connectivity index is 0.00000144. The van der Waals surface area contributed by atoms with Crippen LogP contribution in [0.4, 0.5) is 5.69 Å². The molecule has 0 atom stereocenters. The van der Waals surface area contributed by atoms with Gasteiger partial charge >= 0.3 is 0 Å². The molecule has 0 saturated heterocycles. The molecule has 4 nitrogen and oxygen atoms in total. The molecule has 0 aliphatic rings. The van der Waals surface area contributed by atoms with Crippen molar-refractivity contribution in [3.05, 3.63) is 24.3 Å². The van der Waals surface area contributed by atoms with Crippen LogP contribution in [-0.2, 0) is 10.0 Å². The molecule has 0 spiro atoms. The first-order valence-corrected chi connectivity index (χ1v) is 4.83. The van der Waals surface area contributed by atoms with E-state index >= 15 is 0 Å². The molecule has 13 heavy (non-hydrogen) atoms. The molecule has 1 rings (SSSR count). The van der Waals surface area contributed by atoms with Crippen molar-refractivity contribution in [2.75, 3.05) is 12.8 Å². The third-order valence-corrected chi connectivity index (χ3v) is 2.85. The number of rotatable bonds is 2. The van der Waals surface area contributed by atoms with Crippen LogP contribution in [0.2, 0.25) is 0 Å². The molecule has 0 bridgehead atoms. The van der Waals surface area contributed by atoms with Crippen LogP contribution in [0.25, 0.3) is 0 Å². The average Bonchev–Trinajstić information content (AvgIpc) is 2.05. The predicted octanol–water partition coefficient (Wildman–Crippen LogP) is 0.599. The van der Waals surface area contributed by atoms with Gasteiger partial charge in [-0.25, -0.2) is 13.1 Å². The normalized spacial score (nSPS) is 10.5. The monoisotopic (exact) mass is 222 g/mol. The SMILES string of the molecule is CNS(=O)(=O)c1cccc(N)c1.Cl. The van der Waals surface area contributed by atoms with Gasteiger partial charge in [0.2, 0.25) is 10.0 Å².